The molecule has 132 valence electrons. The van der Waals surface area contributed by atoms with Crippen molar-refractivity contribution >= 4 is 28.2 Å². The second kappa shape index (κ2) is 6.76. The molecule has 7 nitrogen and oxygen atoms in total. The van der Waals surface area contributed by atoms with Crippen LogP contribution in [0.25, 0.3) is 10.9 Å². The van der Waals surface area contributed by atoms with Crippen molar-refractivity contribution in [3.05, 3.63) is 40.1 Å². The normalized spacial score (nSPS) is 23.4. The Labute approximate surface area is 145 Å². The van der Waals surface area contributed by atoms with E-state index in [4.69, 9.17) is 4.74 Å². The summed E-state index contributed by atoms with van der Waals surface area (Å²) in [4.78, 5) is 27.7. The van der Waals surface area contributed by atoms with Crippen LogP contribution in [-0.2, 0) is 9.53 Å². The Hall–Kier alpha value is -2.54. The lowest BCUT2D eigenvalue weighted by Gasteiger charge is -2.31. The highest BCUT2D eigenvalue weighted by molar-refractivity contribution is 6.02. The van der Waals surface area contributed by atoms with Crippen LogP contribution in [0.5, 0.6) is 0 Å². The molecule has 1 amide bonds. The van der Waals surface area contributed by atoms with Crippen LogP contribution >= 0.6 is 0 Å². The van der Waals surface area contributed by atoms with Gasteiger partial charge in [0.05, 0.1) is 28.3 Å². The number of aromatic nitrogens is 1. The van der Waals surface area contributed by atoms with E-state index in [1.807, 2.05) is 20.8 Å². The summed E-state index contributed by atoms with van der Waals surface area (Å²) < 4.78 is 5.68. The summed E-state index contributed by atoms with van der Waals surface area (Å²) in [6.07, 6.45) is 1.41. The van der Waals surface area contributed by atoms with Crippen molar-refractivity contribution in [1.82, 2.24) is 4.98 Å². The summed E-state index contributed by atoms with van der Waals surface area (Å²) in [6, 6.07) is 6.22. The summed E-state index contributed by atoms with van der Waals surface area (Å²) in [5.41, 5.74) is 1.89. The first-order valence-corrected chi connectivity index (χ1v) is 8.35. The molecule has 0 aliphatic carbocycles. The zero-order valence-corrected chi connectivity index (χ0v) is 14.5. The van der Waals surface area contributed by atoms with Gasteiger partial charge in [0.2, 0.25) is 5.91 Å². The fraction of sp³-hybridized carbons (Fsp3) is 0.444. The Morgan fingerprint density at radius 3 is 2.60 bits per heavy atom. The van der Waals surface area contributed by atoms with Gasteiger partial charge in [0.1, 0.15) is 0 Å². The van der Waals surface area contributed by atoms with Gasteiger partial charge in [-0.05, 0) is 45.7 Å². The molecule has 0 radical (unpaired) electrons. The van der Waals surface area contributed by atoms with Crippen molar-refractivity contribution < 1.29 is 14.5 Å². The average Bonchev–Trinajstić information content (AvgIpc) is 2.53. The molecule has 0 bridgehead atoms. The lowest BCUT2D eigenvalue weighted by molar-refractivity contribution is -0.384. The third-order valence-corrected chi connectivity index (χ3v) is 4.46. The number of nitrogens with zero attached hydrogens (tertiary/aromatic N) is 2. The fourth-order valence-corrected chi connectivity index (χ4v) is 3.42. The van der Waals surface area contributed by atoms with Gasteiger partial charge in [0, 0.05) is 29.1 Å². The highest BCUT2D eigenvalue weighted by Gasteiger charge is 2.30. The second-order valence-electron chi connectivity index (χ2n) is 6.68. The third kappa shape index (κ3) is 3.76. The molecule has 2 aromatic rings. The number of ether oxygens (including phenoxy) is 1. The first-order valence-electron chi connectivity index (χ1n) is 8.35. The molecule has 1 aromatic heterocycles. The van der Waals surface area contributed by atoms with E-state index in [0.29, 0.717) is 29.4 Å². The molecule has 1 fully saturated rings. The zero-order valence-electron chi connectivity index (χ0n) is 14.5. The van der Waals surface area contributed by atoms with Gasteiger partial charge < -0.3 is 10.1 Å². The zero-order chi connectivity index (χ0) is 18.1. The summed E-state index contributed by atoms with van der Waals surface area (Å²) >= 11 is 0. The van der Waals surface area contributed by atoms with E-state index < -0.39 is 4.92 Å². The van der Waals surface area contributed by atoms with E-state index in [0.717, 1.165) is 5.69 Å². The highest BCUT2D eigenvalue weighted by atomic mass is 16.6. The number of carbonyl (C=O) groups is 1. The van der Waals surface area contributed by atoms with Gasteiger partial charge in [-0.1, -0.05) is 0 Å². The van der Waals surface area contributed by atoms with Crippen molar-refractivity contribution in [3.8, 4) is 0 Å². The molecule has 1 aliphatic heterocycles. The predicted molar refractivity (Wildman–Crippen MR) is 94.5 cm³/mol. The number of aryl methyl sites for hydroxylation is 1. The number of carbonyl (C=O) groups excluding carboxylic acids is 1. The topological polar surface area (TPSA) is 94.4 Å². The molecule has 3 rings (SSSR count). The second-order valence-corrected chi connectivity index (χ2v) is 6.68. The molecule has 0 unspecified atom stereocenters. The number of benzene rings is 1. The summed E-state index contributed by atoms with van der Waals surface area (Å²) in [5, 5.41) is 14.6. The lowest BCUT2D eigenvalue weighted by atomic mass is 9.91. The monoisotopic (exact) mass is 343 g/mol. The van der Waals surface area contributed by atoms with Crippen LogP contribution in [0.2, 0.25) is 0 Å². The number of hydrogen-bond acceptors (Lipinski definition) is 5. The van der Waals surface area contributed by atoms with Gasteiger partial charge in [0.15, 0.2) is 0 Å². The predicted octanol–water partition coefficient (Wildman–Crippen LogP) is 3.59. The number of nitrogens with one attached hydrogen (secondary N) is 1. The first-order chi connectivity index (χ1) is 11.8. The Balaban J connectivity index is 1.93. The number of pyridine rings is 1. The van der Waals surface area contributed by atoms with Crippen LogP contribution in [-0.4, -0.2) is 28.0 Å². The number of nitro groups is 1. The van der Waals surface area contributed by atoms with Gasteiger partial charge in [-0.3, -0.25) is 19.9 Å². The SMILES string of the molecule is Cc1cc(NC(=O)C2C[C@H](C)O[C@@H](C)C2)c2cc([N+](=O)[O-])ccc2n1. The summed E-state index contributed by atoms with van der Waals surface area (Å²) in [5.74, 6) is -0.221. The maximum absolute atomic E-state index is 12.7. The Morgan fingerprint density at radius 1 is 1.28 bits per heavy atom. The third-order valence-electron chi connectivity index (χ3n) is 4.46. The van der Waals surface area contributed by atoms with E-state index in [1.54, 1.807) is 12.1 Å². The van der Waals surface area contributed by atoms with E-state index in [2.05, 4.69) is 10.3 Å². The Bertz CT molecular complexity index is 826. The number of non-ortho nitro benzene ring substituents is 1. The number of amides is 1. The summed E-state index contributed by atoms with van der Waals surface area (Å²) in [7, 11) is 0. The van der Waals surface area contributed by atoms with Crippen LogP contribution in [0.1, 0.15) is 32.4 Å². The largest absolute Gasteiger partial charge is 0.376 e. The van der Waals surface area contributed by atoms with Gasteiger partial charge in [-0.25, -0.2) is 0 Å². The summed E-state index contributed by atoms with van der Waals surface area (Å²) in [6.45, 7) is 5.76. The minimum Gasteiger partial charge on any atom is -0.376 e. The van der Waals surface area contributed by atoms with Gasteiger partial charge in [-0.2, -0.15) is 0 Å². The van der Waals surface area contributed by atoms with Crippen molar-refractivity contribution in [3.63, 3.8) is 0 Å². The van der Waals surface area contributed by atoms with Crippen molar-refractivity contribution in [2.24, 2.45) is 5.92 Å². The van der Waals surface area contributed by atoms with Crippen LogP contribution in [0, 0.1) is 23.0 Å². The number of anilines is 1. The van der Waals surface area contributed by atoms with E-state index in [9.17, 15) is 14.9 Å². The minimum absolute atomic E-state index is 0.0260. The number of nitro benzene ring substituents is 1. The Kier molecular flexibility index (Phi) is 4.67. The van der Waals surface area contributed by atoms with E-state index in [1.165, 1.54) is 12.1 Å². The lowest BCUT2D eigenvalue weighted by Crippen LogP contribution is -2.36. The van der Waals surface area contributed by atoms with Crippen molar-refractivity contribution in [1.29, 1.82) is 0 Å². The van der Waals surface area contributed by atoms with Gasteiger partial charge in [-0.15, -0.1) is 0 Å². The van der Waals surface area contributed by atoms with Crippen molar-refractivity contribution in [2.45, 2.75) is 45.8 Å². The molecule has 0 saturated carbocycles. The van der Waals surface area contributed by atoms with Gasteiger partial charge >= 0.3 is 0 Å². The highest BCUT2D eigenvalue weighted by Crippen LogP contribution is 2.30. The smallest absolute Gasteiger partial charge is 0.270 e. The van der Waals surface area contributed by atoms with Crippen LogP contribution < -0.4 is 5.32 Å². The molecule has 0 spiro atoms. The standard InChI is InChI=1S/C18H21N3O4/c1-10-6-17(15-9-14(21(23)24)4-5-16(15)19-10)20-18(22)13-7-11(2)25-12(3)8-13/h4-6,9,11-13H,7-8H2,1-3H3,(H,19,20,22)/t11-,12-/m0/s1. The van der Waals surface area contributed by atoms with Crippen LogP contribution in [0.15, 0.2) is 24.3 Å². The molecule has 25 heavy (non-hydrogen) atoms. The molecule has 1 N–H and O–H groups in total. The molecule has 1 saturated heterocycles. The molecule has 2 atom stereocenters. The van der Waals surface area contributed by atoms with E-state index in [-0.39, 0.29) is 29.7 Å². The molecule has 2 heterocycles. The Morgan fingerprint density at radius 2 is 1.96 bits per heavy atom. The number of hydrogen-bond donors (Lipinski definition) is 1. The maximum Gasteiger partial charge on any atom is 0.270 e. The minimum atomic E-state index is -0.452. The molecule has 7 heteroatoms. The van der Waals surface area contributed by atoms with Crippen molar-refractivity contribution in [2.75, 3.05) is 5.32 Å². The van der Waals surface area contributed by atoms with Gasteiger partial charge in [0.25, 0.3) is 5.69 Å². The average molecular weight is 343 g/mol. The molecular weight excluding hydrogens is 322 g/mol. The molecular formula is C18H21N3O4. The first kappa shape index (κ1) is 17.3. The fourth-order valence-electron chi connectivity index (χ4n) is 3.42. The quantitative estimate of drug-likeness (QED) is 0.679. The van der Waals surface area contributed by atoms with E-state index >= 15 is 0 Å². The number of rotatable bonds is 3. The molecule has 1 aliphatic rings. The number of fused-ring (bicyclic) bond motifs is 1. The van der Waals surface area contributed by atoms with Crippen LogP contribution in [0.3, 0.4) is 0 Å². The molecule has 1 aromatic carbocycles. The maximum atomic E-state index is 12.7. The van der Waals surface area contributed by atoms with Crippen LogP contribution in [0.4, 0.5) is 11.4 Å².